The Hall–Kier alpha value is -1.67. The number of rotatable bonds is 4. The minimum absolute atomic E-state index is 0.0485. The van der Waals surface area contributed by atoms with E-state index < -0.39 is 22.0 Å². The van der Waals surface area contributed by atoms with Crippen LogP contribution in [0.2, 0.25) is 0 Å². The number of sulfonamides is 1. The predicted octanol–water partition coefficient (Wildman–Crippen LogP) is 0.557. The Balaban J connectivity index is 2.41. The van der Waals surface area contributed by atoms with Gasteiger partial charge in [0.25, 0.3) is 10.0 Å². The van der Waals surface area contributed by atoms with Crippen molar-refractivity contribution in [2.24, 2.45) is 7.05 Å². The lowest BCUT2D eigenvalue weighted by molar-refractivity contribution is -0.139. The fraction of sp³-hybridized carbons (Fsp3) is 0.500. The monoisotopic (exact) mass is 299 g/mol. The fourth-order valence-corrected chi connectivity index (χ4v) is 3.67. The van der Waals surface area contributed by atoms with Gasteiger partial charge in [-0.25, -0.2) is 13.4 Å². The number of carboxylic acid groups (broad SMARTS) is 1. The van der Waals surface area contributed by atoms with Gasteiger partial charge >= 0.3 is 5.97 Å². The average molecular weight is 299 g/mol. The van der Waals surface area contributed by atoms with Crippen molar-refractivity contribution < 1.29 is 18.3 Å². The molecule has 1 atom stereocenters. The first-order valence-corrected chi connectivity index (χ1v) is 7.63. The van der Waals surface area contributed by atoms with Crippen LogP contribution < -0.4 is 0 Å². The zero-order valence-corrected chi connectivity index (χ0v) is 12.3. The number of aliphatic carboxylic acids is 1. The molecule has 0 fully saturated rings. The van der Waals surface area contributed by atoms with Crippen LogP contribution in [0.5, 0.6) is 0 Å². The molecular weight excluding hydrogens is 282 g/mol. The second kappa shape index (κ2) is 5.02. The molecule has 0 amide bonds. The third-order valence-corrected chi connectivity index (χ3v) is 4.87. The molecule has 2 rings (SSSR count). The summed E-state index contributed by atoms with van der Waals surface area (Å²) in [7, 11) is -2.19. The second-order valence-electron chi connectivity index (χ2n) is 4.99. The Morgan fingerprint density at radius 2 is 2.15 bits per heavy atom. The maximum absolute atomic E-state index is 12.5. The molecule has 1 unspecified atom stereocenters. The molecule has 0 spiro atoms. The van der Waals surface area contributed by atoms with Gasteiger partial charge in [0.2, 0.25) is 0 Å². The molecule has 1 aliphatic rings. The summed E-state index contributed by atoms with van der Waals surface area (Å²) in [6.45, 7) is 3.87. The average Bonchev–Trinajstić information content (AvgIpc) is 2.94. The van der Waals surface area contributed by atoms with Crippen molar-refractivity contribution in [2.45, 2.75) is 30.8 Å². The number of aryl methyl sites for hydroxylation is 1. The third-order valence-electron chi connectivity index (χ3n) is 3.15. The lowest BCUT2D eigenvalue weighted by atomic mass is 10.2. The van der Waals surface area contributed by atoms with Crippen molar-refractivity contribution in [3.8, 4) is 0 Å². The lowest BCUT2D eigenvalue weighted by Crippen LogP contribution is -2.40. The number of carboxylic acids is 1. The van der Waals surface area contributed by atoms with Crippen molar-refractivity contribution in [1.29, 1.82) is 0 Å². The van der Waals surface area contributed by atoms with Gasteiger partial charge in [-0.2, -0.15) is 4.31 Å². The van der Waals surface area contributed by atoms with Gasteiger partial charge in [-0.3, -0.25) is 4.79 Å². The fourth-order valence-electron chi connectivity index (χ4n) is 2.19. The molecule has 0 radical (unpaired) electrons. The first kappa shape index (κ1) is 14.7. The standard InChI is InChI=1S/C12H17N3O4S/c1-8(2)11-13-10(7-14(11)3)20(18,19)15-6-4-5-9(15)12(16)17/h4-5,7-9H,6H2,1-3H3,(H,16,17). The molecule has 20 heavy (non-hydrogen) atoms. The van der Waals surface area contributed by atoms with E-state index >= 15 is 0 Å². The summed E-state index contributed by atoms with van der Waals surface area (Å²) in [6, 6.07) is -1.16. The predicted molar refractivity (Wildman–Crippen MR) is 71.8 cm³/mol. The Bertz CT molecular complexity index is 660. The van der Waals surface area contributed by atoms with E-state index in [-0.39, 0.29) is 17.5 Å². The molecule has 0 saturated heterocycles. The largest absolute Gasteiger partial charge is 0.480 e. The van der Waals surface area contributed by atoms with Crippen LogP contribution in [0.3, 0.4) is 0 Å². The number of carbonyl (C=O) groups is 1. The second-order valence-corrected chi connectivity index (χ2v) is 6.83. The highest BCUT2D eigenvalue weighted by Crippen LogP contribution is 2.23. The molecule has 0 aliphatic carbocycles. The van der Waals surface area contributed by atoms with Gasteiger partial charge in [0.15, 0.2) is 5.03 Å². The normalized spacial score (nSPS) is 19.9. The molecule has 1 aromatic heterocycles. The summed E-state index contributed by atoms with van der Waals surface area (Å²) in [5, 5.41) is 8.95. The van der Waals surface area contributed by atoms with E-state index in [1.165, 1.54) is 18.3 Å². The van der Waals surface area contributed by atoms with Crippen LogP contribution in [-0.4, -0.2) is 45.9 Å². The van der Waals surface area contributed by atoms with Gasteiger partial charge in [0, 0.05) is 25.7 Å². The maximum Gasteiger partial charge on any atom is 0.326 e. The van der Waals surface area contributed by atoms with Crippen LogP contribution in [0.4, 0.5) is 0 Å². The maximum atomic E-state index is 12.5. The first-order chi connectivity index (χ1) is 9.25. The van der Waals surface area contributed by atoms with Crippen molar-refractivity contribution >= 4 is 16.0 Å². The van der Waals surface area contributed by atoms with Crippen LogP contribution in [0, 0.1) is 0 Å². The third kappa shape index (κ3) is 2.36. The number of aromatic nitrogens is 2. The van der Waals surface area contributed by atoms with Gasteiger partial charge < -0.3 is 9.67 Å². The quantitative estimate of drug-likeness (QED) is 0.820. The molecule has 2 heterocycles. The molecule has 0 saturated carbocycles. The number of hydrogen-bond donors (Lipinski definition) is 1. The summed E-state index contributed by atoms with van der Waals surface area (Å²) in [5.41, 5.74) is 0. The van der Waals surface area contributed by atoms with Crippen molar-refractivity contribution in [3.63, 3.8) is 0 Å². The van der Waals surface area contributed by atoms with Crippen LogP contribution in [0.15, 0.2) is 23.4 Å². The van der Waals surface area contributed by atoms with Crippen molar-refractivity contribution in [3.05, 3.63) is 24.2 Å². The van der Waals surface area contributed by atoms with Crippen LogP contribution in [0.25, 0.3) is 0 Å². The van der Waals surface area contributed by atoms with Crippen LogP contribution in [-0.2, 0) is 21.9 Å². The van der Waals surface area contributed by atoms with Crippen molar-refractivity contribution in [1.82, 2.24) is 13.9 Å². The zero-order chi connectivity index (χ0) is 15.1. The van der Waals surface area contributed by atoms with Gasteiger partial charge in [-0.05, 0) is 0 Å². The number of nitrogens with zero attached hydrogens (tertiary/aromatic N) is 3. The van der Waals surface area contributed by atoms with E-state index in [2.05, 4.69) is 4.98 Å². The minimum atomic E-state index is -3.91. The highest BCUT2D eigenvalue weighted by Gasteiger charge is 2.38. The summed E-state index contributed by atoms with van der Waals surface area (Å²) in [5.74, 6) is -0.471. The molecule has 0 bridgehead atoms. The Morgan fingerprint density at radius 3 is 2.65 bits per heavy atom. The van der Waals surface area contributed by atoms with Gasteiger partial charge in [-0.1, -0.05) is 26.0 Å². The van der Waals surface area contributed by atoms with Crippen LogP contribution >= 0.6 is 0 Å². The van der Waals surface area contributed by atoms with Gasteiger partial charge in [-0.15, -0.1) is 0 Å². The summed E-state index contributed by atoms with van der Waals surface area (Å²) >= 11 is 0. The Kier molecular flexibility index (Phi) is 3.70. The van der Waals surface area contributed by atoms with E-state index in [1.807, 2.05) is 13.8 Å². The first-order valence-electron chi connectivity index (χ1n) is 6.19. The van der Waals surface area contributed by atoms with E-state index in [9.17, 15) is 13.2 Å². The summed E-state index contributed by atoms with van der Waals surface area (Å²) in [4.78, 5) is 15.2. The smallest absolute Gasteiger partial charge is 0.326 e. The number of hydrogen-bond acceptors (Lipinski definition) is 4. The Morgan fingerprint density at radius 1 is 1.50 bits per heavy atom. The van der Waals surface area contributed by atoms with E-state index in [0.717, 1.165) is 4.31 Å². The van der Waals surface area contributed by atoms with E-state index in [1.54, 1.807) is 11.6 Å². The zero-order valence-electron chi connectivity index (χ0n) is 11.5. The van der Waals surface area contributed by atoms with Gasteiger partial charge in [0.1, 0.15) is 11.9 Å². The highest BCUT2D eigenvalue weighted by molar-refractivity contribution is 7.89. The molecule has 0 aromatic carbocycles. The molecular formula is C12H17N3O4S. The highest BCUT2D eigenvalue weighted by atomic mass is 32.2. The van der Waals surface area contributed by atoms with Crippen molar-refractivity contribution in [2.75, 3.05) is 6.54 Å². The molecule has 110 valence electrons. The molecule has 8 heteroatoms. The molecule has 1 N–H and O–H groups in total. The SMILES string of the molecule is CC(C)c1nc(S(=O)(=O)N2CC=CC2C(=O)O)cn1C. The topological polar surface area (TPSA) is 92.5 Å². The van der Waals surface area contributed by atoms with Crippen LogP contribution in [0.1, 0.15) is 25.6 Å². The molecule has 7 nitrogen and oxygen atoms in total. The van der Waals surface area contributed by atoms with E-state index in [4.69, 9.17) is 5.11 Å². The molecule has 1 aliphatic heterocycles. The Labute approximate surface area is 117 Å². The molecule has 1 aromatic rings. The van der Waals surface area contributed by atoms with E-state index in [0.29, 0.717) is 5.82 Å². The van der Waals surface area contributed by atoms with Gasteiger partial charge in [0.05, 0.1) is 0 Å². The summed E-state index contributed by atoms with van der Waals surface area (Å²) < 4.78 is 27.6. The lowest BCUT2D eigenvalue weighted by Gasteiger charge is -2.19. The summed E-state index contributed by atoms with van der Waals surface area (Å²) in [6.07, 6.45) is 4.32. The number of imidazole rings is 1. The minimum Gasteiger partial charge on any atom is -0.480 e.